The molecule has 0 saturated carbocycles. The minimum atomic E-state index is 0.606. The summed E-state index contributed by atoms with van der Waals surface area (Å²) in [6, 6.07) is 11.9. The number of anilines is 1. The van der Waals surface area contributed by atoms with E-state index in [2.05, 4.69) is 37.5 Å². The lowest BCUT2D eigenvalue weighted by molar-refractivity contribution is 0.298. The first kappa shape index (κ1) is 15.4. The molecule has 0 aliphatic rings. The van der Waals surface area contributed by atoms with Crippen molar-refractivity contribution in [2.45, 2.75) is 33.7 Å². The van der Waals surface area contributed by atoms with E-state index in [0.29, 0.717) is 6.61 Å². The first-order valence-electron chi connectivity index (χ1n) is 8.03. The van der Waals surface area contributed by atoms with Crippen LogP contribution in [0.1, 0.15) is 23.9 Å². The van der Waals surface area contributed by atoms with Crippen molar-refractivity contribution >= 4 is 16.7 Å². The molecule has 0 fully saturated rings. The Morgan fingerprint density at radius 3 is 2.48 bits per heavy atom. The lowest BCUT2D eigenvalue weighted by Gasteiger charge is -2.11. The van der Waals surface area contributed by atoms with Gasteiger partial charge in [0.25, 0.3) is 0 Å². The van der Waals surface area contributed by atoms with Gasteiger partial charge in [-0.3, -0.25) is 0 Å². The van der Waals surface area contributed by atoms with Gasteiger partial charge in [0, 0.05) is 12.1 Å². The van der Waals surface area contributed by atoms with E-state index in [-0.39, 0.29) is 0 Å². The first-order chi connectivity index (χ1) is 11.1. The van der Waals surface area contributed by atoms with Crippen LogP contribution in [0.2, 0.25) is 0 Å². The molecule has 2 N–H and O–H groups in total. The number of benzene rings is 2. The molecule has 0 atom stereocenters. The van der Waals surface area contributed by atoms with Crippen molar-refractivity contribution in [1.82, 2.24) is 9.55 Å². The number of rotatable bonds is 5. The van der Waals surface area contributed by atoms with Crippen LogP contribution < -0.4 is 10.5 Å². The number of nitrogens with two attached hydrogens (primary N) is 1. The smallest absolute Gasteiger partial charge is 0.119 e. The summed E-state index contributed by atoms with van der Waals surface area (Å²) in [5.41, 5.74) is 11.3. The second-order valence-electron chi connectivity index (χ2n) is 5.88. The van der Waals surface area contributed by atoms with E-state index in [4.69, 9.17) is 15.5 Å². The van der Waals surface area contributed by atoms with E-state index < -0.39 is 0 Å². The summed E-state index contributed by atoms with van der Waals surface area (Å²) in [7, 11) is 0. The highest BCUT2D eigenvalue weighted by atomic mass is 16.5. The van der Waals surface area contributed by atoms with Crippen LogP contribution in [0.5, 0.6) is 5.75 Å². The monoisotopic (exact) mass is 309 g/mol. The van der Waals surface area contributed by atoms with Gasteiger partial charge in [0.05, 0.1) is 17.6 Å². The lowest BCUT2D eigenvalue weighted by atomic mass is 10.1. The van der Waals surface area contributed by atoms with Crippen LogP contribution in [0.3, 0.4) is 0 Å². The number of hydrogen-bond donors (Lipinski definition) is 1. The summed E-state index contributed by atoms with van der Waals surface area (Å²) in [6.07, 6.45) is 0.911. The van der Waals surface area contributed by atoms with Crippen LogP contribution in [0, 0.1) is 13.8 Å². The largest absolute Gasteiger partial charge is 0.492 e. The van der Waals surface area contributed by atoms with Crippen molar-refractivity contribution in [3.8, 4) is 5.75 Å². The van der Waals surface area contributed by atoms with Gasteiger partial charge in [0.15, 0.2) is 0 Å². The number of fused-ring (bicyclic) bond motifs is 1. The molecular formula is C19H23N3O. The van der Waals surface area contributed by atoms with Crippen LogP contribution >= 0.6 is 0 Å². The second-order valence-corrected chi connectivity index (χ2v) is 5.88. The van der Waals surface area contributed by atoms with Gasteiger partial charge in [-0.05, 0) is 61.4 Å². The third-order valence-electron chi connectivity index (χ3n) is 4.22. The Hall–Kier alpha value is -2.49. The molecule has 0 aliphatic heterocycles. The summed E-state index contributed by atoms with van der Waals surface area (Å²) >= 11 is 0. The van der Waals surface area contributed by atoms with Gasteiger partial charge in [0.2, 0.25) is 0 Å². The number of hydrogen-bond acceptors (Lipinski definition) is 3. The fraction of sp³-hybridized carbons (Fsp3) is 0.316. The molecule has 0 saturated heterocycles. The number of aryl methyl sites for hydroxylation is 3. The van der Waals surface area contributed by atoms with E-state index in [9.17, 15) is 0 Å². The normalized spacial score (nSPS) is 11.1. The second kappa shape index (κ2) is 6.32. The third-order valence-corrected chi connectivity index (χ3v) is 4.22. The van der Waals surface area contributed by atoms with Crippen molar-refractivity contribution in [1.29, 1.82) is 0 Å². The summed E-state index contributed by atoms with van der Waals surface area (Å²) in [5.74, 6) is 1.94. The van der Waals surface area contributed by atoms with Gasteiger partial charge in [0.1, 0.15) is 18.2 Å². The van der Waals surface area contributed by atoms with Crippen LogP contribution in [0.4, 0.5) is 5.69 Å². The molecule has 0 radical (unpaired) electrons. The van der Waals surface area contributed by atoms with Gasteiger partial charge >= 0.3 is 0 Å². The summed E-state index contributed by atoms with van der Waals surface area (Å²) < 4.78 is 8.10. The summed E-state index contributed by atoms with van der Waals surface area (Å²) in [4.78, 5) is 4.76. The van der Waals surface area contributed by atoms with Gasteiger partial charge in [-0.2, -0.15) is 0 Å². The summed E-state index contributed by atoms with van der Waals surface area (Å²) in [6.45, 7) is 7.80. The Morgan fingerprint density at radius 1 is 1.09 bits per heavy atom. The van der Waals surface area contributed by atoms with Crippen molar-refractivity contribution in [3.05, 3.63) is 53.3 Å². The zero-order chi connectivity index (χ0) is 16.4. The Balaban J connectivity index is 1.81. The molecule has 0 aliphatic carbocycles. The molecule has 4 nitrogen and oxygen atoms in total. The van der Waals surface area contributed by atoms with Gasteiger partial charge in [-0.25, -0.2) is 4.98 Å². The number of aromatic nitrogens is 2. The van der Waals surface area contributed by atoms with Gasteiger partial charge in [-0.1, -0.05) is 6.92 Å². The van der Waals surface area contributed by atoms with Crippen LogP contribution in [-0.4, -0.2) is 16.2 Å². The molecule has 3 aromatic rings. The molecule has 1 aromatic heterocycles. The van der Waals surface area contributed by atoms with Crippen molar-refractivity contribution in [2.24, 2.45) is 0 Å². The molecule has 23 heavy (non-hydrogen) atoms. The topological polar surface area (TPSA) is 53.1 Å². The highest BCUT2D eigenvalue weighted by molar-refractivity contribution is 5.78. The SMILES string of the molecule is CCc1nc2cc(C)c(C)cc2n1CCOc1ccc(N)cc1. The molecule has 120 valence electrons. The summed E-state index contributed by atoms with van der Waals surface area (Å²) in [5, 5.41) is 0. The van der Waals surface area contributed by atoms with E-state index in [1.54, 1.807) is 0 Å². The maximum absolute atomic E-state index is 5.83. The standard InChI is InChI=1S/C19H23N3O/c1-4-19-21-17-11-13(2)14(3)12-18(17)22(19)9-10-23-16-7-5-15(20)6-8-16/h5-8,11-12H,4,9-10,20H2,1-3H3. The predicted molar refractivity (Wildman–Crippen MR) is 94.9 cm³/mol. The van der Waals surface area contributed by atoms with Crippen molar-refractivity contribution in [3.63, 3.8) is 0 Å². The molecule has 2 aromatic carbocycles. The number of nitrogens with zero attached hydrogens (tertiary/aromatic N) is 2. The molecule has 4 heteroatoms. The van der Waals surface area contributed by atoms with Crippen molar-refractivity contribution in [2.75, 3.05) is 12.3 Å². The molecule has 3 rings (SSSR count). The van der Waals surface area contributed by atoms with E-state index in [1.807, 2.05) is 24.3 Å². The average molecular weight is 309 g/mol. The van der Waals surface area contributed by atoms with E-state index in [0.717, 1.165) is 35.7 Å². The zero-order valence-corrected chi connectivity index (χ0v) is 14.0. The van der Waals surface area contributed by atoms with E-state index >= 15 is 0 Å². The maximum Gasteiger partial charge on any atom is 0.119 e. The molecule has 1 heterocycles. The van der Waals surface area contributed by atoms with Crippen molar-refractivity contribution < 1.29 is 4.74 Å². The quantitative estimate of drug-likeness (QED) is 0.728. The number of nitrogen functional groups attached to an aromatic ring is 1. The predicted octanol–water partition coefficient (Wildman–Crippen LogP) is 3.88. The zero-order valence-electron chi connectivity index (χ0n) is 14.0. The highest BCUT2D eigenvalue weighted by Crippen LogP contribution is 2.21. The minimum absolute atomic E-state index is 0.606. The van der Waals surface area contributed by atoms with Crippen LogP contribution in [-0.2, 0) is 13.0 Å². The molecule has 0 bridgehead atoms. The van der Waals surface area contributed by atoms with Gasteiger partial charge in [-0.15, -0.1) is 0 Å². The Kier molecular flexibility index (Phi) is 4.24. The molecule has 0 unspecified atom stereocenters. The minimum Gasteiger partial charge on any atom is -0.492 e. The Bertz CT molecular complexity index is 819. The lowest BCUT2D eigenvalue weighted by Crippen LogP contribution is -2.11. The number of ether oxygens (including phenoxy) is 1. The highest BCUT2D eigenvalue weighted by Gasteiger charge is 2.10. The van der Waals surface area contributed by atoms with E-state index in [1.165, 1.54) is 16.6 Å². The third kappa shape index (κ3) is 3.16. The van der Waals surface area contributed by atoms with Gasteiger partial charge < -0.3 is 15.0 Å². The number of imidazole rings is 1. The fourth-order valence-corrected chi connectivity index (χ4v) is 2.77. The Labute approximate surface area is 136 Å². The molecule has 0 amide bonds. The van der Waals surface area contributed by atoms with Crippen LogP contribution in [0.15, 0.2) is 36.4 Å². The average Bonchev–Trinajstić information content (AvgIpc) is 2.87. The Morgan fingerprint density at radius 2 is 1.78 bits per heavy atom. The molecular weight excluding hydrogens is 286 g/mol. The fourth-order valence-electron chi connectivity index (χ4n) is 2.77. The van der Waals surface area contributed by atoms with Crippen LogP contribution in [0.25, 0.3) is 11.0 Å². The first-order valence-corrected chi connectivity index (χ1v) is 8.03. The maximum atomic E-state index is 5.83. The molecule has 0 spiro atoms.